The molecular weight excluding hydrogens is 308 g/mol. The van der Waals surface area contributed by atoms with E-state index in [0.29, 0.717) is 6.42 Å². The lowest BCUT2D eigenvalue weighted by molar-refractivity contribution is -0.130. The van der Waals surface area contributed by atoms with Gasteiger partial charge in [-0.15, -0.1) is 0 Å². The quantitative estimate of drug-likeness (QED) is 0.555. The fraction of sp³-hybridized carbons (Fsp3) is 0.353. The van der Waals surface area contributed by atoms with Crippen molar-refractivity contribution in [2.24, 2.45) is 5.73 Å². The monoisotopic (exact) mass is 330 g/mol. The molecule has 1 heterocycles. The molecule has 128 valence electrons. The second kappa shape index (κ2) is 7.74. The molecule has 2 atom stereocenters. The van der Waals surface area contributed by atoms with Crippen molar-refractivity contribution in [1.29, 1.82) is 0 Å². The molecule has 2 amide bonds. The molecule has 5 N–H and O–H groups in total. The van der Waals surface area contributed by atoms with E-state index in [1.165, 1.54) is 6.92 Å². The Morgan fingerprint density at radius 2 is 1.92 bits per heavy atom. The fourth-order valence-electron chi connectivity index (χ4n) is 2.62. The molecule has 0 radical (unpaired) electrons. The van der Waals surface area contributed by atoms with E-state index in [2.05, 4.69) is 15.6 Å². The van der Waals surface area contributed by atoms with Crippen LogP contribution in [0.25, 0.3) is 10.9 Å². The Kier molecular flexibility index (Phi) is 5.70. The largest absolute Gasteiger partial charge is 0.370 e. The summed E-state index contributed by atoms with van der Waals surface area (Å²) in [5.74, 6) is -1.15. The third-order valence-corrected chi connectivity index (χ3v) is 3.98. The predicted octanol–water partition coefficient (Wildman–Crippen LogP) is 0.248. The van der Waals surface area contributed by atoms with Gasteiger partial charge in [0.25, 0.3) is 0 Å². The van der Waals surface area contributed by atoms with Gasteiger partial charge in [-0.1, -0.05) is 18.2 Å². The van der Waals surface area contributed by atoms with E-state index in [1.54, 1.807) is 7.05 Å². The number of ketones is 1. The Morgan fingerprint density at radius 3 is 2.54 bits per heavy atom. The molecular formula is C17H22N4O3. The molecule has 0 aliphatic heterocycles. The summed E-state index contributed by atoms with van der Waals surface area (Å²) in [5.41, 5.74) is 7.06. The Hall–Kier alpha value is -2.67. The highest BCUT2D eigenvalue weighted by atomic mass is 16.2. The van der Waals surface area contributed by atoms with Crippen molar-refractivity contribution >= 4 is 28.5 Å². The second-order valence-electron chi connectivity index (χ2n) is 5.75. The smallest absolute Gasteiger partial charge is 0.238 e. The number of nitrogens with two attached hydrogens (primary N) is 1. The first-order valence-electron chi connectivity index (χ1n) is 7.73. The molecule has 1 aromatic carbocycles. The number of benzene rings is 1. The summed E-state index contributed by atoms with van der Waals surface area (Å²) in [6, 6.07) is 6.33. The van der Waals surface area contributed by atoms with Crippen molar-refractivity contribution < 1.29 is 14.4 Å². The van der Waals surface area contributed by atoms with E-state index in [4.69, 9.17) is 5.73 Å². The van der Waals surface area contributed by atoms with Crippen molar-refractivity contribution in [3.63, 3.8) is 0 Å². The normalized spacial score (nSPS) is 13.4. The summed E-state index contributed by atoms with van der Waals surface area (Å²) in [5, 5.41) is 6.45. The van der Waals surface area contributed by atoms with Crippen LogP contribution in [-0.4, -0.2) is 41.7 Å². The molecule has 0 spiro atoms. The van der Waals surface area contributed by atoms with Crippen molar-refractivity contribution in [1.82, 2.24) is 15.6 Å². The number of aromatic nitrogens is 1. The maximum atomic E-state index is 12.3. The number of aromatic amines is 1. The van der Waals surface area contributed by atoms with Crippen molar-refractivity contribution in [2.45, 2.75) is 31.8 Å². The zero-order chi connectivity index (χ0) is 17.7. The van der Waals surface area contributed by atoms with Crippen LogP contribution in [-0.2, 0) is 20.8 Å². The maximum absolute atomic E-state index is 12.3. The first-order valence-corrected chi connectivity index (χ1v) is 7.73. The number of para-hydroxylation sites is 1. The number of H-pyrrole nitrogens is 1. The Bertz CT molecular complexity index is 753. The molecule has 0 aliphatic carbocycles. The molecule has 2 aromatic rings. The number of hydrogen-bond acceptors (Lipinski definition) is 4. The number of carbonyl (C=O) groups excluding carboxylic acids is 3. The van der Waals surface area contributed by atoms with Crippen molar-refractivity contribution in [2.75, 3.05) is 7.05 Å². The zero-order valence-electron chi connectivity index (χ0n) is 13.8. The van der Waals surface area contributed by atoms with Crippen LogP contribution in [0.2, 0.25) is 0 Å². The summed E-state index contributed by atoms with van der Waals surface area (Å²) >= 11 is 0. The minimum absolute atomic E-state index is 0.125. The highest BCUT2D eigenvalue weighted by molar-refractivity contribution is 5.93. The number of likely N-dealkylation sites (N-methyl/N-ethyl adjacent to an activating group) is 1. The van der Waals surface area contributed by atoms with Gasteiger partial charge in [0, 0.05) is 23.5 Å². The molecule has 0 saturated heterocycles. The first kappa shape index (κ1) is 17.7. The number of hydrogen-bond donors (Lipinski definition) is 4. The van der Waals surface area contributed by atoms with Gasteiger partial charge in [0.15, 0.2) is 5.78 Å². The van der Waals surface area contributed by atoms with E-state index < -0.39 is 23.9 Å². The topological polar surface area (TPSA) is 117 Å². The van der Waals surface area contributed by atoms with Gasteiger partial charge < -0.3 is 21.4 Å². The lowest BCUT2D eigenvalue weighted by Crippen LogP contribution is -2.50. The number of amides is 2. The average molecular weight is 330 g/mol. The lowest BCUT2D eigenvalue weighted by atomic mass is 10.0. The Morgan fingerprint density at radius 1 is 1.21 bits per heavy atom. The molecule has 7 heteroatoms. The molecule has 1 aromatic heterocycles. The maximum Gasteiger partial charge on any atom is 0.238 e. The molecule has 24 heavy (non-hydrogen) atoms. The van der Waals surface area contributed by atoms with Gasteiger partial charge in [-0.25, -0.2) is 0 Å². The number of primary amides is 1. The third-order valence-electron chi connectivity index (χ3n) is 3.98. The SMILES string of the molecule is CN[C@@H](CC(N)=O)C(=O)NC(Cc1c[nH]c2ccccc12)C(C)=O. The number of rotatable bonds is 8. The summed E-state index contributed by atoms with van der Waals surface area (Å²) < 4.78 is 0. The van der Waals surface area contributed by atoms with Crippen molar-refractivity contribution in [3.8, 4) is 0 Å². The van der Waals surface area contributed by atoms with E-state index in [1.807, 2.05) is 30.5 Å². The van der Waals surface area contributed by atoms with Gasteiger partial charge in [-0.3, -0.25) is 14.4 Å². The minimum Gasteiger partial charge on any atom is -0.370 e. The van der Waals surface area contributed by atoms with E-state index in [9.17, 15) is 14.4 Å². The number of fused-ring (bicyclic) bond motifs is 1. The van der Waals surface area contributed by atoms with Gasteiger partial charge >= 0.3 is 0 Å². The molecule has 2 rings (SSSR count). The number of carbonyl (C=O) groups is 3. The van der Waals surface area contributed by atoms with E-state index >= 15 is 0 Å². The van der Waals surface area contributed by atoms with E-state index in [-0.39, 0.29) is 12.2 Å². The summed E-state index contributed by atoms with van der Waals surface area (Å²) in [4.78, 5) is 38.4. The van der Waals surface area contributed by atoms with Crippen LogP contribution < -0.4 is 16.4 Å². The predicted molar refractivity (Wildman–Crippen MR) is 91.3 cm³/mol. The molecule has 0 fully saturated rings. The van der Waals surface area contributed by atoms with Crippen LogP contribution in [0.15, 0.2) is 30.5 Å². The highest BCUT2D eigenvalue weighted by Gasteiger charge is 2.24. The first-order chi connectivity index (χ1) is 11.4. The molecule has 1 unspecified atom stereocenters. The van der Waals surface area contributed by atoms with Gasteiger partial charge in [-0.2, -0.15) is 0 Å². The lowest BCUT2D eigenvalue weighted by Gasteiger charge is -2.20. The van der Waals surface area contributed by atoms with Gasteiger partial charge in [-0.05, 0) is 25.6 Å². The van der Waals surface area contributed by atoms with Gasteiger partial charge in [0.2, 0.25) is 11.8 Å². The van der Waals surface area contributed by atoms with Crippen LogP contribution in [0.4, 0.5) is 0 Å². The van der Waals surface area contributed by atoms with Gasteiger partial charge in [0.05, 0.1) is 18.5 Å². The summed E-state index contributed by atoms with van der Waals surface area (Å²) in [6.45, 7) is 1.43. The molecule has 7 nitrogen and oxygen atoms in total. The Labute approximate surface area is 140 Å². The minimum atomic E-state index is -0.757. The van der Waals surface area contributed by atoms with Crippen LogP contribution in [0, 0.1) is 0 Å². The molecule has 0 aliphatic rings. The number of Topliss-reactive ketones (excluding diaryl/α,β-unsaturated/α-hetero) is 1. The fourth-order valence-corrected chi connectivity index (χ4v) is 2.62. The van der Waals surface area contributed by atoms with E-state index in [0.717, 1.165) is 16.5 Å². The molecule has 0 saturated carbocycles. The van der Waals surface area contributed by atoms with Crippen LogP contribution in [0.3, 0.4) is 0 Å². The highest BCUT2D eigenvalue weighted by Crippen LogP contribution is 2.19. The molecule has 0 bridgehead atoms. The van der Waals surface area contributed by atoms with Crippen LogP contribution in [0.1, 0.15) is 18.9 Å². The van der Waals surface area contributed by atoms with Crippen LogP contribution in [0.5, 0.6) is 0 Å². The number of nitrogens with one attached hydrogen (secondary N) is 3. The second-order valence-corrected chi connectivity index (χ2v) is 5.75. The third kappa shape index (κ3) is 4.20. The summed E-state index contributed by atoms with van der Waals surface area (Å²) in [7, 11) is 1.57. The zero-order valence-corrected chi connectivity index (χ0v) is 13.8. The Balaban J connectivity index is 2.13. The summed E-state index contributed by atoms with van der Waals surface area (Å²) in [6.07, 6.45) is 2.09. The standard InChI is InChI=1S/C17H22N4O3/c1-10(22)14(21-17(24)15(19-2)8-16(18)23)7-11-9-20-13-6-4-3-5-12(11)13/h3-6,9,14-15,19-20H,7-8H2,1-2H3,(H2,18,23)(H,21,24)/t14?,15-/m0/s1. The van der Waals surface area contributed by atoms with Crippen molar-refractivity contribution in [3.05, 3.63) is 36.0 Å². The van der Waals surface area contributed by atoms with Crippen LogP contribution >= 0.6 is 0 Å². The van der Waals surface area contributed by atoms with Gasteiger partial charge in [0.1, 0.15) is 0 Å². The average Bonchev–Trinajstić information content (AvgIpc) is 2.94.